The number of pyridine rings is 1. The van der Waals surface area contributed by atoms with Crippen molar-refractivity contribution in [2.75, 3.05) is 25.9 Å². The second kappa shape index (κ2) is 6.53. The lowest BCUT2D eigenvalue weighted by Crippen LogP contribution is -2.71. The number of carbonyl (C=O) groups excluding carboxylic acids is 2. The monoisotopic (exact) mass is 380 g/mol. The van der Waals surface area contributed by atoms with E-state index in [1.165, 1.54) is 11.9 Å². The summed E-state index contributed by atoms with van der Waals surface area (Å²) in [6.07, 6.45) is 2.04. The van der Waals surface area contributed by atoms with Crippen molar-refractivity contribution in [3.63, 3.8) is 0 Å². The molecule has 1 aromatic rings. The zero-order chi connectivity index (χ0) is 19.1. The number of hydrogen-bond acceptors (Lipinski definition) is 5. The van der Waals surface area contributed by atoms with Crippen LogP contribution < -0.4 is 10.6 Å². The molecule has 1 spiro atoms. The van der Waals surface area contributed by atoms with Crippen molar-refractivity contribution in [1.29, 1.82) is 0 Å². The van der Waals surface area contributed by atoms with E-state index in [1.807, 2.05) is 19.9 Å². The van der Waals surface area contributed by atoms with E-state index in [1.54, 1.807) is 6.20 Å². The lowest BCUT2D eigenvalue weighted by Gasteiger charge is -2.49. The number of carbonyl (C=O) groups is 2. The number of sulfone groups is 1. The molecule has 0 radical (unpaired) electrons. The zero-order valence-corrected chi connectivity index (χ0v) is 16.0. The summed E-state index contributed by atoms with van der Waals surface area (Å²) < 4.78 is 23.8. The molecule has 0 saturated carbocycles. The van der Waals surface area contributed by atoms with E-state index in [0.717, 1.165) is 16.8 Å². The Morgan fingerprint density at radius 3 is 2.65 bits per heavy atom. The fourth-order valence-electron chi connectivity index (χ4n) is 3.85. The summed E-state index contributed by atoms with van der Waals surface area (Å²) >= 11 is 0. The van der Waals surface area contributed by atoms with Crippen LogP contribution in [0, 0.1) is 19.8 Å². The topological polar surface area (TPSA) is 108 Å². The van der Waals surface area contributed by atoms with Crippen LogP contribution in [-0.2, 0) is 21.2 Å². The van der Waals surface area contributed by atoms with E-state index < -0.39 is 20.5 Å². The fourth-order valence-corrected chi connectivity index (χ4v) is 6.17. The van der Waals surface area contributed by atoms with Gasteiger partial charge in [-0.05, 0) is 37.5 Å². The number of nitrogens with one attached hydrogen (secondary N) is 2. The van der Waals surface area contributed by atoms with Crippen molar-refractivity contribution in [3.8, 4) is 0 Å². The van der Waals surface area contributed by atoms with Crippen LogP contribution in [-0.4, -0.2) is 60.9 Å². The van der Waals surface area contributed by atoms with Gasteiger partial charge in [0.15, 0.2) is 9.84 Å². The first-order chi connectivity index (χ1) is 12.2. The summed E-state index contributed by atoms with van der Waals surface area (Å²) in [5.74, 6) is -0.869. The summed E-state index contributed by atoms with van der Waals surface area (Å²) in [6.45, 7) is 4.30. The Labute approximate surface area is 153 Å². The number of aryl methyl sites for hydroxylation is 2. The largest absolute Gasteiger partial charge is 0.359 e. The third kappa shape index (κ3) is 2.94. The quantitative estimate of drug-likeness (QED) is 0.776. The van der Waals surface area contributed by atoms with Crippen molar-refractivity contribution >= 4 is 21.8 Å². The number of hydrogen-bond donors (Lipinski definition) is 2. The Morgan fingerprint density at radius 1 is 1.35 bits per heavy atom. The molecule has 3 amide bonds. The number of aromatic nitrogens is 1. The van der Waals surface area contributed by atoms with E-state index in [0.29, 0.717) is 13.0 Å². The normalized spacial score (nSPS) is 22.7. The predicted molar refractivity (Wildman–Crippen MR) is 96.2 cm³/mol. The van der Waals surface area contributed by atoms with Crippen LogP contribution in [0.25, 0.3) is 0 Å². The second-order valence-corrected chi connectivity index (χ2v) is 9.56. The van der Waals surface area contributed by atoms with Crippen LogP contribution in [0.1, 0.15) is 23.2 Å². The SMILES string of the molecule is CNC(=O)C1CCS(=O)(=O)C12CN(C(=O)NCc1cnc(C)cc1C)C2. The van der Waals surface area contributed by atoms with Crippen LogP contribution in [0.3, 0.4) is 0 Å². The van der Waals surface area contributed by atoms with Crippen molar-refractivity contribution < 1.29 is 18.0 Å². The average Bonchev–Trinajstić information content (AvgIpc) is 2.82. The van der Waals surface area contributed by atoms with Crippen molar-refractivity contribution in [3.05, 3.63) is 29.1 Å². The van der Waals surface area contributed by atoms with E-state index in [2.05, 4.69) is 15.6 Å². The molecule has 3 heterocycles. The maximum atomic E-state index is 12.5. The van der Waals surface area contributed by atoms with Gasteiger partial charge in [-0.25, -0.2) is 13.2 Å². The molecule has 1 unspecified atom stereocenters. The minimum Gasteiger partial charge on any atom is -0.359 e. The maximum absolute atomic E-state index is 12.5. The minimum atomic E-state index is -3.39. The van der Waals surface area contributed by atoms with Gasteiger partial charge >= 0.3 is 6.03 Å². The standard InChI is InChI=1S/C17H24N4O4S/c1-11-6-12(2)19-7-13(11)8-20-16(23)21-9-17(10-21)14(15(22)18-3)4-5-26(17,24)25/h6-7,14H,4-5,8-10H2,1-3H3,(H,18,22)(H,20,23). The number of amides is 3. The molecule has 1 aromatic heterocycles. The molecule has 1 atom stereocenters. The van der Waals surface area contributed by atoms with Crippen LogP contribution in [0.5, 0.6) is 0 Å². The summed E-state index contributed by atoms with van der Waals surface area (Å²) in [6, 6.07) is 1.62. The van der Waals surface area contributed by atoms with Crippen molar-refractivity contribution in [1.82, 2.24) is 20.5 Å². The van der Waals surface area contributed by atoms with Gasteiger partial charge in [0, 0.05) is 38.6 Å². The number of likely N-dealkylation sites (tertiary alicyclic amines) is 1. The predicted octanol–water partition coefficient (Wildman–Crippen LogP) is 0.143. The smallest absolute Gasteiger partial charge is 0.317 e. The molecule has 0 bridgehead atoms. The molecule has 2 fully saturated rings. The third-order valence-corrected chi connectivity index (χ3v) is 8.04. The van der Waals surface area contributed by atoms with Gasteiger partial charge in [0.05, 0.1) is 11.7 Å². The molecule has 9 heteroatoms. The Kier molecular flexibility index (Phi) is 4.68. The Bertz CT molecular complexity index is 846. The lowest BCUT2D eigenvalue weighted by molar-refractivity contribution is -0.126. The number of rotatable bonds is 3. The Hall–Kier alpha value is -2.16. The summed E-state index contributed by atoms with van der Waals surface area (Å²) in [7, 11) is -1.89. The average molecular weight is 380 g/mol. The van der Waals surface area contributed by atoms with Crippen LogP contribution in [0.4, 0.5) is 4.79 Å². The molecular formula is C17H24N4O4S. The van der Waals surface area contributed by atoms with Gasteiger partial charge in [-0.3, -0.25) is 9.78 Å². The van der Waals surface area contributed by atoms with Crippen LogP contribution >= 0.6 is 0 Å². The lowest BCUT2D eigenvalue weighted by atomic mass is 9.83. The van der Waals surface area contributed by atoms with E-state index in [-0.39, 0.29) is 30.8 Å². The van der Waals surface area contributed by atoms with E-state index >= 15 is 0 Å². The summed E-state index contributed by atoms with van der Waals surface area (Å²) in [5.41, 5.74) is 2.86. The molecule has 2 aliphatic heterocycles. The van der Waals surface area contributed by atoms with Crippen molar-refractivity contribution in [2.24, 2.45) is 5.92 Å². The van der Waals surface area contributed by atoms with E-state index in [4.69, 9.17) is 0 Å². The molecule has 2 saturated heterocycles. The number of urea groups is 1. The second-order valence-electron chi connectivity index (χ2n) is 7.11. The zero-order valence-electron chi connectivity index (χ0n) is 15.2. The summed E-state index contributed by atoms with van der Waals surface area (Å²) in [5, 5.41) is 5.34. The maximum Gasteiger partial charge on any atom is 0.317 e. The van der Waals surface area contributed by atoms with E-state index in [9.17, 15) is 18.0 Å². The van der Waals surface area contributed by atoms with Gasteiger partial charge in [-0.15, -0.1) is 0 Å². The molecule has 2 aliphatic rings. The third-order valence-electron chi connectivity index (χ3n) is 5.48. The first-order valence-electron chi connectivity index (χ1n) is 8.59. The van der Waals surface area contributed by atoms with Gasteiger partial charge in [-0.2, -0.15) is 0 Å². The van der Waals surface area contributed by atoms with Gasteiger partial charge in [0.2, 0.25) is 5.91 Å². The van der Waals surface area contributed by atoms with Crippen LogP contribution in [0.2, 0.25) is 0 Å². The molecule has 0 aliphatic carbocycles. The summed E-state index contributed by atoms with van der Waals surface area (Å²) in [4.78, 5) is 30.1. The highest BCUT2D eigenvalue weighted by molar-refractivity contribution is 7.93. The number of nitrogens with zero attached hydrogens (tertiary/aromatic N) is 2. The Balaban J connectivity index is 1.64. The van der Waals surface area contributed by atoms with Gasteiger partial charge in [0.1, 0.15) is 4.75 Å². The molecule has 142 valence electrons. The van der Waals surface area contributed by atoms with Gasteiger partial charge in [0.25, 0.3) is 0 Å². The first-order valence-corrected chi connectivity index (χ1v) is 10.2. The highest BCUT2D eigenvalue weighted by atomic mass is 32.2. The highest BCUT2D eigenvalue weighted by Gasteiger charge is 2.64. The van der Waals surface area contributed by atoms with Gasteiger partial charge in [-0.1, -0.05) is 0 Å². The molecular weight excluding hydrogens is 356 g/mol. The molecule has 0 aromatic carbocycles. The van der Waals surface area contributed by atoms with Crippen LogP contribution in [0.15, 0.2) is 12.3 Å². The minimum absolute atomic E-state index is 0.00518. The molecule has 26 heavy (non-hydrogen) atoms. The Morgan fingerprint density at radius 2 is 2.04 bits per heavy atom. The van der Waals surface area contributed by atoms with Crippen molar-refractivity contribution in [2.45, 2.75) is 31.6 Å². The fraction of sp³-hybridized carbons (Fsp3) is 0.588. The highest BCUT2D eigenvalue weighted by Crippen LogP contribution is 2.44. The molecule has 2 N–H and O–H groups in total. The molecule has 8 nitrogen and oxygen atoms in total. The first kappa shape index (κ1) is 18.6. The van der Waals surface area contributed by atoms with Gasteiger partial charge < -0.3 is 15.5 Å². The molecule has 3 rings (SSSR count).